The predicted molar refractivity (Wildman–Crippen MR) is 87.5 cm³/mol. The smallest absolute Gasteiger partial charge is 0.194 e. The van der Waals surface area contributed by atoms with Crippen molar-refractivity contribution in [2.45, 2.75) is 33.6 Å². The molecule has 0 atom stereocenters. The van der Waals surface area contributed by atoms with Crippen molar-refractivity contribution >= 4 is 21.7 Å². The lowest BCUT2D eigenvalue weighted by molar-refractivity contribution is 0.103. The molecule has 0 spiro atoms. The van der Waals surface area contributed by atoms with E-state index in [0.717, 1.165) is 34.0 Å². The second kappa shape index (κ2) is 6.36. The van der Waals surface area contributed by atoms with Gasteiger partial charge in [0, 0.05) is 15.6 Å². The van der Waals surface area contributed by atoms with E-state index in [1.165, 1.54) is 11.1 Å². The molecule has 20 heavy (non-hydrogen) atoms. The fraction of sp³-hybridized carbons (Fsp3) is 0.278. The summed E-state index contributed by atoms with van der Waals surface area (Å²) < 4.78 is 0.861. The summed E-state index contributed by atoms with van der Waals surface area (Å²) in [6.45, 7) is 6.29. The highest BCUT2D eigenvalue weighted by molar-refractivity contribution is 9.10. The molecule has 2 aromatic carbocycles. The molecule has 0 saturated carbocycles. The van der Waals surface area contributed by atoms with Gasteiger partial charge in [-0.15, -0.1) is 0 Å². The lowest BCUT2D eigenvalue weighted by Crippen LogP contribution is -2.04. The van der Waals surface area contributed by atoms with Crippen LogP contribution in [0.4, 0.5) is 0 Å². The van der Waals surface area contributed by atoms with Crippen LogP contribution in [0.3, 0.4) is 0 Å². The Kier molecular flexibility index (Phi) is 4.77. The summed E-state index contributed by atoms with van der Waals surface area (Å²) >= 11 is 3.49. The number of halogens is 1. The number of aryl methyl sites for hydroxylation is 3. The minimum absolute atomic E-state index is 0.0780. The van der Waals surface area contributed by atoms with Gasteiger partial charge in [-0.2, -0.15) is 0 Å². The third kappa shape index (κ3) is 3.01. The van der Waals surface area contributed by atoms with E-state index >= 15 is 0 Å². The zero-order chi connectivity index (χ0) is 14.7. The van der Waals surface area contributed by atoms with Crippen molar-refractivity contribution in [3.8, 4) is 0 Å². The molecule has 0 radical (unpaired) electrons. The third-order valence-electron chi connectivity index (χ3n) is 3.60. The molecule has 0 heterocycles. The van der Waals surface area contributed by atoms with Gasteiger partial charge < -0.3 is 0 Å². The van der Waals surface area contributed by atoms with Gasteiger partial charge in [0.1, 0.15) is 0 Å². The largest absolute Gasteiger partial charge is 0.289 e. The number of ketones is 1. The Hall–Kier alpha value is -1.41. The Morgan fingerprint density at radius 3 is 2.30 bits per heavy atom. The van der Waals surface area contributed by atoms with E-state index in [-0.39, 0.29) is 5.78 Å². The molecule has 0 aromatic heterocycles. The maximum atomic E-state index is 12.6. The summed E-state index contributed by atoms with van der Waals surface area (Å²) in [6.07, 6.45) is 1.96. The van der Waals surface area contributed by atoms with Crippen molar-refractivity contribution in [3.63, 3.8) is 0 Å². The van der Waals surface area contributed by atoms with Gasteiger partial charge >= 0.3 is 0 Å². The number of carbonyl (C=O) groups is 1. The molecule has 2 heteroatoms. The first-order chi connectivity index (χ1) is 9.56. The second-order valence-electron chi connectivity index (χ2n) is 5.00. The van der Waals surface area contributed by atoms with Gasteiger partial charge in [-0.25, -0.2) is 0 Å². The fourth-order valence-corrected chi connectivity index (χ4v) is 3.07. The van der Waals surface area contributed by atoms with Crippen LogP contribution in [-0.2, 0) is 12.8 Å². The summed E-state index contributed by atoms with van der Waals surface area (Å²) in [5, 5.41) is 0. The summed E-state index contributed by atoms with van der Waals surface area (Å²) in [6, 6.07) is 11.9. The molecular weight excluding hydrogens is 312 g/mol. The molecule has 1 nitrogen and oxygen atoms in total. The molecule has 0 aliphatic carbocycles. The Labute approximate surface area is 129 Å². The SMILES string of the molecule is CCc1ccc(C(=O)c2ccc(C)cc2Br)cc1CC. The van der Waals surface area contributed by atoms with Crippen molar-refractivity contribution in [2.75, 3.05) is 0 Å². The van der Waals surface area contributed by atoms with Gasteiger partial charge in [-0.3, -0.25) is 4.79 Å². The van der Waals surface area contributed by atoms with E-state index in [1.54, 1.807) is 0 Å². The third-order valence-corrected chi connectivity index (χ3v) is 4.26. The number of hydrogen-bond donors (Lipinski definition) is 0. The van der Waals surface area contributed by atoms with Crippen LogP contribution >= 0.6 is 15.9 Å². The second-order valence-corrected chi connectivity index (χ2v) is 5.86. The first-order valence-corrected chi connectivity index (χ1v) is 7.78. The molecular formula is C18H19BrO. The van der Waals surface area contributed by atoms with Gasteiger partial charge in [0.2, 0.25) is 0 Å². The molecule has 0 aliphatic rings. The minimum Gasteiger partial charge on any atom is -0.289 e. The van der Waals surface area contributed by atoms with E-state index in [1.807, 2.05) is 37.3 Å². The van der Waals surface area contributed by atoms with Crippen LogP contribution in [0.15, 0.2) is 40.9 Å². The average molecular weight is 331 g/mol. The van der Waals surface area contributed by atoms with Gasteiger partial charge in [-0.1, -0.05) is 48.0 Å². The van der Waals surface area contributed by atoms with Crippen molar-refractivity contribution in [1.82, 2.24) is 0 Å². The number of rotatable bonds is 4. The molecule has 0 saturated heterocycles. The number of benzene rings is 2. The summed E-state index contributed by atoms with van der Waals surface area (Å²) in [7, 11) is 0. The van der Waals surface area contributed by atoms with Crippen molar-refractivity contribution in [2.24, 2.45) is 0 Å². The van der Waals surface area contributed by atoms with Gasteiger partial charge in [-0.05, 0) is 54.7 Å². The van der Waals surface area contributed by atoms with Gasteiger partial charge in [0.05, 0.1) is 0 Å². The fourth-order valence-electron chi connectivity index (χ4n) is 2.40. The highest BCUT2D eigenvalue weighted by Crippen LogP contribution is 2.23. The van der Waals surface area contributed by atoms with Gasteiger partial charge in [0.15, 0.2) is 5.78 Å². The molecule has 0 bridgehead atoms. The van der Waals surface area contributed by atoms with Crippen LogP contribution in [0.5, 0.6) is 0 Å². The topological polar surface area (TPSA) is 17.1 Å². The first-order valence-electron chi connectivity index (χ1n) is 6.99. The van der Waals surface area contributed by atoms with Crippen LogP contribution in [-0.4, -0.2) is 5.78 Å². The zero-order valence-corrected chi connectivity index (χ0v) is 13.8. The Balaban J connectivity index is 2.43. The molecule has 2 rings (SSSR count). The zero-order valence-electron chi connectivity index (χ0n) is 12.2. The lowest BCUT2D eigenvalue weighted by atomic mass is 9.95. The average Bonchev–Trinajstić information content (AvgIpc) is 2.45. The summed E-state index contributed by atoms with van der Waals surface area (Å²) in [5.74, 6) is 0.0780. The van der Waals surface area contributed by atoms with Crippen LogP contribution in [0.1, 0.15) is 46.5 Å². The van der Waals surface area contributed by atoms with E-state index in [0.29, 0.717) is 0 Å². The molecule has 104 valence electrons. The van der Waals surface area contributed by atoms with E-state index in [2.05, 4.69) is 35.8 Å². The normalized spacial score (nSPS) is 10.6. The quantitative estimate of drug-likeness (QED) is 0.711. The first kappa shape index (κ1) is 15.0. The van der Waals surface area contributed by atoms with Crippen LogP contribution in [0.25, 0.3) is 0 Å². The van der Waals surface area contributed by atoms with E-state index in [9.17, 15) is 4.79 Å². The number of hydrogen-bond acceptors (Lipinski definition) is 1. The maximum Gasteiger partial charge on any atom is 0.194 e. The maximum absolute atomic E-state index is 12.6. The summed E-state index contributed by atoms with van der Waals surface area (Å²) in [5.41, 5.74) is 5.23. The van der Waals surface area contributed by atoms with Crippen molar-refractivity contribution in [3.05, 3.63) is 68.7 Å². The Morgan fingerprint density at radius 1 is 1.00 bits per heavy atom. The predicted octanol–water partition coefficient (Wildman–Crippen LogP) is 5.11. The molecule has 0 N–H and O–H groups in total. The highest BCUT2D eigenvalue weighted by Gasteiger charge is 2.13. The van der Waals surface area contributed by atoms with E-state index in [4.69, 9.17) is 0 Å². The Bertz CT molecular complexity index is 644. The van der Waals surface area contributed by atoms with Crippen LogP contribution < -0.4 is 0 Å². The highest BCUT2D eigenvalue weighted by atomic mass is 79.9. The van der Waals surface area contributed by atoms with Crippen LogP contribution in [0.2, 0.25) is 0 Å². The lowest BCUT2D eigenvalue weighted by Gasteiger charge is -2.09. The minimum atomic E-state index is 0.0780. The standard InChI is InChI=1S/C18H19BrO/c1-4-13-7-8-15(11-14(13)5-2)18(20)16-9-6-12(3)10-17(16)19/h6-11H,4-5H2,1-3H3. The van der Waals surface area contributed by atoms with Crippen LogP contribution in [0, 0.1) is 6.92 Å². The molecule has 0 aliphatic heterocycles. The molecule has 2 aromatic rings. The molecule has 0 fully saturated rings. The number of carbonyl (C=O) groups excluding carboxylic acids is 1. The molecule has 0 unspecified atom stereocenters. The molecule has 0 amide bonds. The monoisotopic (exact) mass is 330 g/mol. The summed E-state index contributed by atoms with van der Waals surface area (Å²) in [4.78, 5) is 12.6. The van der Waals surface area contributed by atoms with Gasteiger partial charge in [0.25, 0.3) is 0 Å². The Morgan fingerprint density at radius 2 is 1.70 bits per heavy atom. The van der Waals surface area contributed by atoms with Crippen molar-refractivity contribution in [1.29, 1.82) is 0 Å². The van der Waals surface area contributed by atoms with E-state index < -0.39 is 0 Å². The van der Waals surface area contributed by atoms with Crippen molar-refractivity contribution < 1.29 is 4.79 Å².